The van der Waals surface area contributed by atoms with Crippen LogP contribution in [0, 0.1) is 13.8 Å². The van der Waals surface area contributed by atoms with Gasteiger partial charge in [-0.25, -0.2) is 8.42 Å². The fourth-order valence-corrected chi connectivity index (χ4v) is 5.80. The van der Waals surface area contributed by atoms with Crippen LogP contribution >= 0.6 is 0 Å². The Hall–Kier alpha value is -2.31. The number of methoxy groups -OCH3 is 1. The first-order valence-corrected chi connectivity index (χ1v) is 11.1. The molecule has 3 aromatic rings. The molecule has 0 amide bonds. The lowest BCUT2D eigenvalue weighted by Crippen LogP contribution is -2.39. The van der Waals surface area contributed by atoms with E-state index in [9.17, 15) is 8.42 Å². The smallest absolute Gasteiger partial charge is 0.246 e. The highest BCUT2D eigenvalue weighted by Gasteiger charge is 2.33. The van der Waals surface area contributed by atoms with Crippen molar-refractivity contribution in [3.05, 3.63) is 59.3 Å². The van der Waals surface area contributed by atoms with Crippen molar-refractivity contribution in [2.45, 2.75) is 37.5 Å². The van der Waals surface area contributed by atoms with Crippen molar-refractivity contribution in [1.29, 1.82) is 0 Å². The summed E-state index contributed by atoms with van der Waals surface area (Å²) in [5.74, 6) is 0.556. The molecule has 2 aromatic carbocycles. The summed E-state index contributed by atoms with van der Waals surface area (Å²) in [5, 5.41) is 1.18. The first-order valence-electron chi connectivity index (χ1n) is 9.62. The quantitative estimate of drug-likeness (QED) is 0.710. The molecular weight excluding hydrogens is 372 g/mol. The molecule has 2 heterocycles. The summed E-state index contributed by atoms with van der Waals surface area (Å²) in [6, 6.07) is 13.8. The number of aromatic nitrogens is 1. The molecule has 1 fully saturated rings. The van der Waals surface area contributed by atoms with Gasteiger partial charge in [-0.3, -0.25) is 0 Å². The Kier molecular flexibility index (Phi) is 4.93. The van der Waals surface area contributed by atoms with Gasteiger partial charge in [-0.1, -0.05) is 17.7 Å². The van der Waals surface area contributed by atoms with Gasteiger partial charge in [-0.15, -0.1) is 0 Å². The van der Waals surface area contributed by atoms with Crippen LogP contribution in [0.5, 0.6) is 5.75 Å². The van der Waals surface area contributed by atoms with E-state index in [1.54, 1.807) is 16.4 Å². The van der Waals surface area contributed by atoms with Crippen molar-refractivity contribution in [3.63, 3.8) is 0 Å². The molecule has 1 saturated heterocycles. The summed E-state index contributed by atoms with van der Waals surface area (Å²) in [6.45, 7) is 4.99. The summed E-state index contributed by atoms with van der Waals surface area (Å²) in [7, 11) is -2.10. The van der Waals surface area contributed by atoms with Crippen LogP contribution in [0.4, 0.5) is 0 Å². The van der Waals surface area contributed by atoms with Gasteiger partial charge in [-0.2, -0.15) is 4.31 Å². The van der Waals surface area contributed by atoms with Crippen molar-refractivity contribution >= 4 is 20.9 Å². The minimum absolute atomic E-state index is 0.159. The van der Waals surface area contributed by atoms with Crippen LogP contribution in [0.2, 0.25) is 0 Å². The average Bonchev–Trinajstić information content (AvgIpc) is 3.11. The fraction of sp³-hybridized carbons (Fsp3) is 0.364. The molecule has 0 bridgehead atoms. The van der Waals surface area contributed by atoms with Crippen LogP contribution in [0.1, 0.15) is 35.6 Å². The van der Waals surface area contributed by atoms with Gasteiger partial charge < -0.3 is 9.72 Å². The molecule has 6 heteroatoms. The van der Waals surface area contributed by atoms with E-state index in [4.69, 9.17) is 4.74 Å². The summed E-state index contributed by atoms with van der Waals surface area (Å²) in [6.07, 6.45) is 1.81. The maximum Gasteiger partial charge on any atom is 0.246 e. The summed E-state index contributed by atoms with van der Waals surface area (Å²) >= 11 is 0. The van der Waals surface area contributed by atoms with Crippen LogP contribution in [0.15, 0.2) is 47.4 Å². The number of piperidine rings is 1. The highest BCUT2D eigenvalue weighted by Crippen LogP contribution is 2.34. The number of nitrogens with one attached hydrogen (secondary N) is 1. The maximum absolute atomic E-state index is 13.3. The van der Waals surface area contributed by atoms with E-state index >= 15 is 0 Å². The first kappa shape index (κ1) is 19.0. The van der Waals surface area contributed by atoms with E-state index < -0.39 is 10.0 Å². The van der Waals surface area contributed by atoms with Gasteiger partial charge in [0, 0.05) is 30.2 Å². The van der Waals surface area contributed by atoms with Crippen molar-refractivity contribution in [2.24, 2.45) is 0 Å². The number of fused-ring (bicyclic) bond motifs is 1. The number of benzene rings is 2. The fourth-order valence-electron chi connectivity index (χ4n) is 4.03. The lowest BCUT2D eigenvalue weighted by atomic mass is 9.96. The van der Waals surface area contributed by atoms with Gasteiger partial charge in [0.1, 0.15) is 10.6 Å². The van der Waals surface area contributed by atoms with Gasteiger partial charge in [-0.05, 0) is 68.0 Å². The number of ether oxygens (including phenoxy) is 1. The van der Waals surface area contributed by atoms with E-state index in [2.05, 4.69) is 36.2 Å². The number of aryl methyl sites for hydroxylation is 2. The molecule has 4 rings (SSSR count). The average molecular weight is 399 g/mol. The third-order valence-electron chi connectivity index (χ3n) is 5.56. The third kappa shape index (κ3) is 3.42. The third-order valence-corrected chi connectivity index (χ3v) is 7.44. The number of nitrogens with zero attached hydrogens (tertiary/aromatic N) is 1. The van der Waals surface area contributed by atoms with Crippen LogP contribution in [-0.4, -0.2) is 37.9 Å². The summed E-state index contributed by atoms with van der Waals surface area (Å²) in [4.78, 5) is 3.74. The highest BCUT2D eigenvalue weighted by molar-refractivity contribution is 7.89. The molecule has 0 spiro atoms. The zero-order valence-corrected chi connectivity index (χ0v) is 17.3. The van der Waals surface area contributed by atoms with Crippen molar-refractivity contribution in [2.75, 3.05) is 20.2 Å². The van der Waals surface area contributed by atoms with Gasteiger partial charge >= 0.3 is 0 Å². The second-order valence-electron chi connectivity index (χ2n) is 7.67. The van der Waals surface area contributed by atoms with E-state index in [-0.39, 0.29) is 10.8 Å². The van der Waals surface area contributed by atoms with Crippen molar-refractivity contribution in [1.82, 2.24) is 9.29 Å². The van der Waals surface area contributed by atoms with Gasteiger partial charge in [0.15, 0.2) is 0 Å². The Morgan fingerprint density at radius 3 is 2.61 bits per heavy atom. The zero-order chi connectivity index (χ0) is 19.9. The topological polar surface area (TPSA) is 62.4 Å². The Labute approximate surface area is 166 Å². The van der Waals surface area contributed by atoms with Crippen molar-refractivity contribution in [3.8, 4) is 5.75 Å². The maximum atomic E-state index is 13.3. The number of hydrogen-bond donors (Lipinski definition) is 1. The molecule has 28 heavy (non-hydrogen) atoms. The van der Waals surface area contributed by atoms with E-state index in [1.165, 1.54) is 18.1 Å². The Balaban J connectivity index is 1.65. The molecule has 1 N–H and O–H groups in total. The van der Waals surface area contributed by atoms with Gasteiger partial charge in [0.05, 0.1) is 7.11 Å². The monoisotopic (exact) mass is 398 g/mol. The second kappa shape index (κ2) is 7.26. The number of hydrogen-bond acceptors (Lipinski definition) is 3. The molecule has 0 saturated carbocycles. The molecule has 1 unspecified atom stereocenters. The molecule has 148 valence electrons. The standard InChI is InChI=1S/C22H26N2O3S/c1-15-6-8-19-18(11-15)13-20(23-19)17-5-4-10-24(14-17)28(25,26)22-12-16(2)7-9-21(22)27-3/h6-9,11-13,17,23H,4-5,10,14H2,1-3H3. The number of aromatic amines is 1. The minimum atomic E-state index is -3.61. The SMILES string of the molecule is COc1ccc(C)cc1S(=O)(=O)N1CCCC(c2cc3cc(C)ccc3[nH]2)C1. The Bertz CT molecular complexity index is 1120. The molecule has 1 aliphatic heterocycles. The van der Waals surface area contributed by atoms with Crippen LogP contribution < -0.4 is 4.74 Å². The van der Waals surface area contributed by atoms with E-state index in [0.29, 0.717) is 18.8 Å². The number of sulfonamides is 1. The zero-order valence-electron chi connectivity index (χ0n) is 16.5. The van der Waals surface area contributed by atoms with Crippen LogP contribution in [0.25, 0.3) is 10.9 Å². The predicted octanol–water partition coefficient (Wildman–Crippen LogP) is 4.36. The van der Waals surface area contributed by atoms with Gasteiger partial charge in [0.2, 0.25) is 10.0 Å². The molecule has 1 aromatic heterocycles. The molecule has 1 atom stereocenters. The Morgan fingerprint density at radius 2 is 1.82 bits per heavy atom. The lowest BCUT2D eigenvalue weighted by Gasteiger charge is -2.32. The normalized spacial score (nSPS) is 18.5. The first-order chi connectivity index (χ1) is 13.4. The molecular formula is C22H26N2O3S. The minimum Gasteiger partial charge on any atom is -0.495 e. The molecule has 5 nitrogen and oxygen atoms in total. The van der Waals surface area contributed by atoms with Crippen LogP contribution in [0.3, 0.4) is 0 Å². The summed E-state index contributed by atoms with van der Waals surface area (Å²) in [5.41, 5.74) is 4.33. The van der Waals surface area contributed by atoms with E-state index in [1.807, 2.05) is 13.0 Å². The molecule has 0 aliphatic carbocycles. The Morgan fingerprint density at radius 1 is 1.07 bits per heavy atom. The van der Waals surface area contributed by atoms with E-state index in [0.717, 1.165) is 29.6 Å². The predicted molar refractivity (Wildman–Crippen MR) is 112 cm³/mol. The highest BCUT2D eigenvalue weighted by atomic mass is 32.2. The number of H-pyrrole nitrogens is 1. The molecule has 0 radical (unpaired) electrons. The van der Waals surface area contributed by atoms with Crippen molar-refractivity contribution < 1.29 is 13.2 Å². The molecule has 1 aliphatic rings. The van der Waals surface area contributed by atoms with Crippen LogP contribution in [-0.2, 0) is 10.0 Å². The second-order valence-corrected chi connectivity index (χ2v) is 9.58. The summed E-state index contributed by atoms with van der Waals surface area (Å²) < 4.78 is 33.6. The number of rotatable bonds is 4. The lowest BCUT2D eigenvalue weighted by molar-refractivity contribution is 0.311. The largest absolute Gasteiger partial charge is 0.495 e. The van der Waals surface area contributed by atoms with Gasteiger partial charge in [0.25, 0.3) is 0 Å².